The molecule has 0 spiro atoms. The molecule has 2 fully saturated rings. The maximum Gasteiger partial charge on any atom is 0.223 e. The second-order valence-electron chi connectivity index (χ2n) is 6.60. The van der Waals surface area contributed by atoms with E-state index < -0.39 is 0 Å². The number of nitrogens with one attached hydrogen (secondary N) is 1. The molecule has 2 rings (SSSR count). The molecular formula is C16H28ClNO. The van der Waals surface area contributed by atoms with Crippen LogP contribution in [0.15, 0.2) is 0 Å². The van der Waals surface area contributed by atoms with E-state index in [-0.39, 0.29) is 17.2 Å². The van der Waals surface area contributed by atoms with Crippen molar-refractivity contribution in [1.82, 2.24) is 5.32 Å². The molecule has 0 atom stereocenters. The molecule has 0 radical (unpaired) electrons. The zero-order valence-corrected chi connectivity index (χ0v) is 12.8. The summed E-state index contributed by atoms with van der Waals surface area (Å²) in [6.45, 7) is 0.797. The van der Waals surface area contributed by atoms with Crippen LogP contribution in [0.2, 0.25) is 0 Å². The van der Waals surface area contributed by atoms with E-state index in [0.717, 1.165) is 19.4 Å². The van der Waals surface area contributed by atoms with Crippen molar-refractivity contribution < 1.29 is 4.79 Å². The van der Waals surface area contributed by atoms with Gasteiger partial charge in [0.2, 0.25) is 5.91 Å². The average Bonchev–Trinajstić information content (AvgIpc) is 2.75. The Morgan fingerprint density at radius 3 is 2.16 bits per heavy atom. The van der Waals surface area contributed by atoms with E-state index in [0.29, 0.717) is 5.88 Å². The van der Waals surface area contributed by atoms with Crippen LogP contribution in [0.1, 0.15) is 70.6 Å². The van der Waals surface area contributed by atoms with Crippen molar-refractivity contribution >= 4 is 17.5 Å². The highest BCUT2D eigenvalue weighted by Gasteiger charge is 2.32. The van der Waals surface area contributed by atoms with Crippen LogP contribution in [0.5, 0.6) is 0 Å². The maximum absolute atomic E-state index is 12.3. The molecule has 0 aromatic heterocycles. The summed E-state index contributed by atoms with van der Waals surface area (Å²) in [4.78, 5) is 12.3. The van der Waals surface area contributed by atoms with Crippen molar-refractivity contribution in [3.8, 4) is 0 Å². The van der Waals surface area contributed by atoms with Crippen LogP contribution in [0.3, 0.4) is 0 Å². The predicted molar refractivity (Wildman–Crippen MR) is 80.4 cm³/mol. The second kappa shape index (κ2) is 7.52. The molecule has 0 bridgehead atoms. The van der Waals surface area contributed by atoms with E-state index in [1.54, 1.807) is 0 Å². The summed E-state index contributed by atoms with van der Waals surface area (Å²) in [6.07, 6.45) is 13.4. The molecule has 2 saturated carbocycles. The van der Waals surface area contributed by atoms with E-state index in [4.69, 9.17) is 11.6 Å². The minimum atomic E-state index is 0.181. The van der Waals surface area contributed by atoms with Gasteiger partial charge in [-0.15, -0.1) is 11.6 Å². The van der Waals surface area contributed by atoms with Crippen molar-refractivity contribution in [2.45, 2.75) is 70.6 Å². The third kappa shape index (κ3) is 4.37. The molecule has 2 nitrogen and oxygen atoms in total. The average molecular weight is 286 g/mol. The topological polar surface area (TPSA) is 29.1 Å². The Morgan fingerprint density at radius 2 is 1.58 bits per heavy atom. The number of amides is 1. The predicted octanol–water partition coefficient (Wildman–Crippen LogP) is 4.26. The summed E-state index contributed by atoms with van der Waals surface area (Å²) in [7, 11) is 0. The van der Waals surface area contributed by atoms with Crippen LogP contribution >= 0.6 is 11.6 Å². The Bertz CT molecular complexity index is 278. The maximum atomic E-state index is 12.3. The molecule has 0 saturated heterocycles. The van der Waals surface area contributed by atoms with Crippen LogP contribution in [-0.4, -0.2) is 18.3 Å². The highest BCUT2D eigenvalue weighted by Crippen LogP contribution is 2.37. The lowest BCUT2D eigenvalue weighted by Gasteiger charge is -2.36. The highest BCUT2D eigenvalue weighted by atomic mass is 35.5. The van der Waals surface area contributed by atoms with Gasteiger partial charge in [-0.25, -0.2) is 0 Å². The van der Waals surface area contributed by atoms with Gasteiger partial charge in [0.1, 0.15) is 0 Å². The fourth-order valence-corrected chi connectivity index (χ4v) is 3.98. The number of halogens is 1. The third-order valence-corrected chi connectivity index (χ3v) is 5.63. The van der Waals surface area contributed by atoms with Crippen LogP contribution in [0, 0.1) is 11.3 Å². The van der Waals surface area contributed by atoms with E-state index in [2.05, 4.69) is 5.32 Å². The highest BCUT2D eigenvalue weighted by molar-refractivity contribution is 6.18. The first-order valence-corrected chi connectivity index (χ1v) is 8.63. The van der Waals surface area contributed by atoms with Gasteiger partial charge in [0, 0.05) is 23.8 Å². The molecule has 0 aliphatic heterocycles. The Hall–Kier alpha value is -0.240. The quantitative estimate of drug-likeness (QED) is 0.607. The Labute approximate surface area is 122 Å². The van der Waals surface area contributed by atoms with Gasteiger partial charge in [-0.2, -0.15) is 0 Å². The van der Waals surface area contributed by atoms with Crippen LogP contribution in [0.25, 0.3) is 0 Å². The van der Waals surface area contributed by atoms with Crippen molar-refractivity contribution in [2.24, 2.45) is 11.3 Å². The van der Waals surface area contributed by atoms with Crippen molar-refractivity contribution in [3.05, 3.63) is 0 Å². The van der Waals surface area contributed by atoms with Gasteiger partial charge in [-0.3, -0.25) is 4.79 Å². The molecular weight excluding hydrogens is 258 g/mol. The van der Waals surface area contributed by atoms with Crippen LogP contribution < -0.4 is 5.32 Å². The smallest absolute Gasteiger partial charge is 0.223 e. The SMILES string of the molecule is O=C(NCC1(CCl)CCCCC1)C1CCCCCC1. The van der Waals surface area contributed by atoms with E-state index in [9.17, 15) is 4.79 Å². The van der Waals surface area contributed by atoms with Crippen molar-refractivity contribution in [1.29, 1.82) is 0 Å². The first kappa shape index (κ1) is 15.2. The summed E-state index contributed by atoms with van der Waals surface area (Å²) in [5.74, 6) is 1.24. The van der Waals surface area contributed by atoms with Crippen LogP contribution in [0.4, 0.5) is 0 Å². The van der Waals surface area contributed by atoms with E-state index >= 15 is 0 Å². The fourth-order valence-electron chi connectivity index (χ4n) is 3.62. The van der Waals surface area contributed by atoms with Crippen LogP contribution in [-0.2, 0) is 4.79 Å². The number of hydrogen-bond donors (Lipinski definition) is 1. The first-order chi connectivity index (χ1) is 9.26. The molecule has 0 aromatic carbocycles. The molecule has 1 amide bonds. The Morgan fingerprint density at radius 1 is 1.00 bits per heavy atom. The van der Waals surface area contributed by atoms with E-state index in [1.807, 2.05) is 0 Å². The summed E-state index contributed by atoms with van der Waals surface area (Å²) < 4.78 is 0. The Kier molecular flexibility index (Phi) is 6.00. The van der Waals surface area contributed by atoms with Gasteiger partial charge in [-0.1, -0.05) is 44.9 Å². The molecule has 1 N–H and O–H groups in total. The third-order valence-electron chi connectivity index (χ3n) is 5.06. The van der Waals surface area contributed by atoms with Crippen molar-refractivity contribution in [2.75, 3.05) is 12.4 Å². The number of carbonyl (C=O) groups is 1. The number of hydrogen-bond acceptors (Lipinski definition) is 1. The van der Waals surface area contributed by atoms with Gasteiger partial charge in [-0.05, 0) is 25.7 Å². The second-order valence-corrected chi connectivity index (χ2v) is 6.87. The number of alkyl halides is 1. The normalized spacial score (nSPS) is 24.7. The summed E-state index contributed by atoms with van der Waals surface area (Å²) >= 11 is 6.18. The lowest BCUT2D eigenvalue weighted by molar-refractivity contribution is -0.126. The van der Waals surface area contributed by atoms with Gasteiger partial charge in [0.05, 0.1) is 0 Å². The van der Waals surface area contributed by atoms with Gasteiger partial charge < -0.3 is 5.32 Å². The molecule has 2 aliphatic rings. The molecule has 0 unspecified atom stereocenters. The molecule has 110 valence electrons. The zero-order chi connectivity index (χ0) is 13.6. The summed E-state index contributed by atoms with van der Waals surface area (Å²) in [5.41, 5.74) is 0.181. The lowest BCUT2D eigenvalue weighted by Crippen LogP contribution is -2.42. The molecule has 0 aromatic rings. The van der Waals surface area contributed by atoms with Crippen molar-refractivity contribution in [3.63, 3.8) is 0 Å². The molecule has 0 heterocycles. The number of rotatable bonds is 4. The van der Waals surface area contributed by atoms with Gasteiger partial charge >= 0.3 is 0 Å². The van der Waals surface area contributed by atoms with Gasteiger partial charge in [0.15, 0.2) is 0 Å². The molecule has 19 heavy (non-hydrogen) atoms. The zero-order valence-electron chi connectivity index (χ0n) is 12.1. The fraction of sp³-hybridized carbons (Fsp3) is 0.938. The summed E-state index contributed by atoms with van der Waals surface area (Å²) in [5, 5.41) is 3.22. The summed E-state index contributed by atoms with van der Waals surface area (Å²) in [6, 6.07) is 0. The van der Waals surface area contributed by atoms with E-state index in [1.165, 1.54) is 57.8 Å². The molecule has 3 heteroatoms. The Balaban J connectivity index is 1.80. The van der Waals surface area contributed by atoms with Gasteiger partial charge in [0.25, 0.3) is 0 Å². The monoisotopic (exact) mass is 285 g/mol. The lowest BCUT2D eigenvalue weighted by atomic mass is 9.75. The minimum absolute atomic E-state index is 0.181. The minimum Gasteiger partial charge on any atom is -0.355 e. The molecule has 2 aliphatic carbocycles. The largest absolute Gasteiger partial charge is 0.355 e. The standard InChI is InChI=1S/C16H28ClNO/c17-12-16(10-6-3-7-11-16)13-18-15(19)14-8-4-1-2-5-9-14/h14H,1-13H2,(H,18,19). The number of carbonyl (C=O) groups excluding carboxylic acids is 1. The first-order valence-electron chi connectivity index (χ1n) is 8.09.